The maximum Gasteiger partial charge on any atom is 0.165 e. The van der Waals surface area contributed by atoms with Gasteiger partial charge in [-0.2, -0.15) is 0 Å². The Morgan fingerprint density at radius 3 is 2.41 bits per heavy atom. The topological polar surface area (TPSA) is 9.23 Å². The first-order valence-electron chi connectivity index (χ1n) is 8.21. The van der Waals surface area contributed by atoms with Crippen molar-refractivity contribution in [2.45, 2.75) is 51.6 Å². The fourth-order valence-electron chi connectivity index (χ4n) is 3.28. The van der Waals surface area contributed by atoms with E-state index in [9.17, 15) is 4.39 Å². The number of benzene rings is 2. The molecule has 0 bridgehead atoms. The third-order valence-corrected chi connectivity index (χ3v) is 4.60. The molecule has 1 saturated carbocycles. The van der Waals surface area contributed by atoms with Crippen LogP contribution in [-0.2, 0) is 6.61 Å². The molecule has 1 fully saturated rings. The molecule has 1 nitrogen and oxygen atoms in total. The van der Waals surface area contributed by atoms with Gasteiger partial charge in [-0.15, -0.1) is 0 Å². The molecular formula is C20H23FO. The fourth-order valence-corrected chi connectivity index (χ4v) is 3.28. The van der Waals surface area contributed by atoms with E-state index in [4.69, 9.17) is 4.74 Å². The number of hydrogen-bond acceptors (Lipinski definition) is 1. The molecule has 2 aromatic carbocycles. The Bertz CT molecular complexity index is 592. The van der Waals surface area contributed by atoms with Crippen molar-refractivity contribution in [3.8, 4) is 5.75 Å². The van der Waals surface area contributed by atoms with E-state index in [-0.39, 0.29) is 5.82 Å². The van der Waals surface area contributed by atoms with Crippen LogP contribution in [0.3, 0.4) is 0 Å². The van der Waals surface area contributed by atoms with Gasteiger partial charge >= 0.3 is 0 Å². The second-order valence-corrected chi connectivity index (χ2v) is 6.25. The summed E-state index contributed by atoms with van der Waals surface area (Å²) in [7, 11) is 0. The molecule has 0 spiro atoms. The summed E-state index contributed by atoms with van der Waals surface area (Å²) in [4.78, 5) is 0. The molecule has 1 aliphatic carbocycles. The zero-order chi connectivity index (χ0) is 15.4. The second-order valence-electron chi connectivity index (χ2n) is 6.25. The molecule has 0 N–H and O–H groups in total. The zero-order valence-electron chi connectivity index (χ0n) is 13.1. The minimum Gasteiger partial charge on any atom is -0.486 e. The Kier molecular flexibility index (Phi) is 4.77. The molecule has 0 unspecified atom stereocenters. The van der Waals surface area contributed by atoms with Crippen molar-refractivity contribution in [3.05, 3.63) is 65.0 Å². The van der Waals surface area contributed by atoms with Crippen molar-refractivity contribution in [2.24, 2.45) is 0 Å². The zero-order valence-corrected chi connectivity index (χ0v) is 13.1. The molecule has 0 amide bonds. The van der Waals surface area contributed by atoms with Gasteiger partial charge in [0.2, 0.25) is 0 Å². The second kappa shape index (κ2) is 6.95. The van der Waals surface area contributed by atoms with E-state index >= 15 is 0 Å². The summed E-state index contributed by atoms with van der Waals surface area (Å²) in [6.07, 6.45) is 6.70. The highest BCUT2D eigenvalue weighted by molar-refractivity contribution is 5.34. The fraction of sp³-hybridized carbons (Fsp3) is 0.400. The smallest absolute Gasteiger partial charge is 0.165 e. The van der Waals surface area contributed by atoms with Crippen LogP contribution in [0.2, 0.25) is 0 Å². The van der Waals surface area contributed by atoms with E-state index in [0.717, 1.165) is 17.0 Å². The highest BCUT2D eigenvalue weighted by Crippen LogP contribution is 2.32. The number of halogens is 1. The van der Waals surface area contributed by atoms with Crippen molar-refractivity contribution >= 4 is 0 Å². The molecule has 0 radical (unpaired) electrons. The van der Waals surface area contributed by atoms with Crippen LogP contribution in [0.5, 0.6) is 5.75 Å². The van der Waals surface area contributed by atoms with Gasteiger partial charge in [0.1, 0.15) is 6.61 Å². The van der Waals surface area contributed by atoms with Gasteiger partial charge in [0, 0.05) is 0 Å². The molecule has 0 aliphatic heterocycles. The minimum absolute atomic E-state index is 0.293. The van der Waals surface area contributed by atoms with Crippen LogP contribution < -0.4 is 4.74 Å². The van der Waals surface area contributed by atoms with Crippen LogP contribution in [0.15, 0.2) is 42.5 Å². The van der Waals surface area contributed by atoms with Gasteiger partial charge in [-0.1, -0.05) is 55.7 Å². The minimum atomic E-state index is -0.293. The van der Waals surface area contributed by atoms with E-state index in [0.29, 0.717) is 12.4 Å². The number of rotatable bonds is 4. The summed E-state index contributed by atoms with van der Waals surface area (Å²) in [5, 5.41) is 0. The Hall–Kier alpha value is -1.83. The van der Waals surface area contributed by atoms with Gasteiger partial charge in [0.05, 0.1) is 0 Å². The summed E-state index contributed by atoms with van der Waals surface area (Å²) in [6.45, 7) is 2.28. The predicted molar refractivity (Wildman–Crippen MR) is 87.7 cm³/mol. The van der Waals surface area contributed by atoms with E-state index in [1.807, 2.05) is 13.0 Å². The maximum atomic E-state index is 13.7. The Morgan fingerprint density at radius 2 is 1.73 bits per heavy atom. The lowest BCUT2D eigenvalue weighted by Gasteiger charge is -2.22. The van der Waals surface area contributed by atoms with Crippen LogP contribution in [0.1, 0.15) is 54.7 Å². The molecule has 22 heavy (non-hydrogen) atoms. The Morgan fingerprint density at radius 1 is 1.00 bits per heavy atom. The number of aryl methyl sites for hydroxylation is 1. The summed E-state index contributed by atoms with van der Waals surface area (Å²) in [5.41, 5.74) is 3.35. The maximum absolute atomic E-state index is 13.7. The van der Waals surface area contributed by atoms with Crippen molar-refractivity contribution in [2.75, 3.05) is 0 Å². The molecule has 0 saturated heterocycles. The average Bonchev–Trinajstić information content (AvgIpc) is 2.56. The Labute approximate surface area is 132 Å². The van der Waals surface area contributed by atoms with Crippen molar-refractivity contribution in [3.63, 3.8) is 0 Å². The number of para-hydroxylation sites is 1. The summed E-state index contributed by atoms with van der Waals surface area (Å²) in [5.74, 6) is 0.787. The van der Waals surface area contributed by atoms with Crippen LogP contribution in [0.25, 0.3) is 0 Å². The normalized spacial score (nSPS) is 15.7. The van der Waals surface area contributed by atoms with Gasteiger partial charge < -0.3 is 4.74 Å². The summed E-state index contributed by atoms with van der Waals surface area (Å²) in [6, 6.07) is 13.7. The largest absolute Gasteiger partial charge is 0.486 e. The first kappa shape index (κ1) is 15.1. The monoisotopic (exact) mass is 298 g/mol. The van der Waals surface area contributed by atoms with E-state index in [1.54, 1.807) is 6.07 Å². The van der Waals surface area contributed by atoms with Gasteiger partial charge in [0.25, 0.3) is 0 Å². The number of hydrogen-bond donors (Lipinski definition) is 0. The van der Waals surface area contributed by atoms with Crippen LogP contribution in [0, 0.1) is 12.7 Å². The standard InChI is InChI=1S/C20H23FO/c1-15-6-5-9-19(21)20(15)22-14-16-10-12-18(13-11-16)17-7-3-2-4-8-17/h5-6,9-13,17H,2-4,7-8,14H2,1H3. The lowest BCUT2D eigenvalue weighted by atomic mass is 9.84. The average molecular weight is 298 g/mol. The molecule has 116 valence electrons. The predicted octanol–water partition coefficient (Wildman–Crippen LogP) is 5.76. The third-order valence-electron chi connectivity index (χ3n) is 4.60. The van der Waals surface area contributed by atoms with Crippen molar-refractivity contribution in [1.29, 1.82) is 0 Å². The first-order valence-corrected chi connectivity index (χ1v) is 8.21. The van der Waals surface area contributed by atoms with Gasteiger partial charge in [-0.05, 0) is 48.4 Å². The number of ether oxygens (including phenoxy) is 1. The quantitative estimate of drug-likeness (QED) is 0.697. The highest BCUT2D eigenvalue weighted by atomic mass is 19.1. The summed E-state index contributed by atoms with van der Waals surface area (Å²) < 4.78 is 19.4. The van der Waals surface area contributed by atoms with Gasteiger partial charge in [0.15, 0.2) is 11.6 Å². The molecule has 0 aromatic heterocycles. The van der Waals surface area contributed by atoms with Crippen molar-refractivity contribution in [1.82, 2.24) is 0 Å². The van der Waals surface area contributed by atoms with Gasteiger partial charge in [-0.3, -0.25) is 0 Å². The third kappa shape index (κ3) is 3.49. The Balaban J connectivity index is 1.64. The van der Waals surface area contributed by atoms with Gasteiger partial charge in [-0.25, -0.2) is 4.39 Å². The van der Waals surface area contributed by atoms with E-state index in [2.05, 4.69) is 24.3 Å². The molecule has 2 aromatic rings. The molecule has 1 aliphatic rings. The van der Waals surface area contributed by atoms with E-state index < -0.39 is 0 Å². The lowest BCUT2D eigenvalue weighted by molar-refractivity contribution is 0.288. The summed E-state index contributed by atoms with van der Waals surface area (Å²) >= 11 is 0. The molecule has 0 atom stereocenters. The molecule has 3 rings (SSSR count). The van der Waals surface area contributed by atoms with Crippen LogP contribution >= 0.6 is 0 Å². The molecular weight excluding hydrogens is 275 g/mol. The van der Waals surface area contributed by atoms with Crippen molar-refractivity contribution < 1.29 is 9.13 Å². The van der Waals surface area contributed by atoms with E-state index in [1.165, 1.54) is 43.7 Å². The highest BCUT2D eigenvalue weighted by Gasteiger charge is 2.15. The van der Waals surface area contributed by atoms with Crippen LogP contribution in [-0.4, -0.2) is 0 Å². The van der Waals surface area contributed by atoms with Crippen LogP contribution in [0.4, 0.5) is 4.39 Å². The first-order chi connectivity index (χ1) is 10.7. The lowest BCUT2D eigenvalue weighted by Crippen LogP contribution is -2.05. The molecule has 0 heterocycles. The SMILES string of the molecule is Cc1cccc(F)c1OCc1ccc(C2CCCCC2)cc1. The molecule has 2 heteroatoms.